The molecule has 11 heavy (non-hydrogen) atoms. The standard InChI is InChI=1S/C8H20N2O/c1-8(6-9)7-10-4-3-5-11-2/h8,10H,3-7,9H2,1-2H3. The molecule has 68 valence electrons. The fourth-order valence-corrected chi connectivity index (χ4v) is 0.773. The van der Waals surface area contributed by atoms with Gasteiger partial charge in [-0.2, -0.15) is 0 Å². The first-order valence-electron chi connectivity index (χ1n) is 4.21. The molecule has 0 saturated heterocycles. The molecule has 0 aromatic carbocycles. The highest BCUT2D eigenvalue weighted by Crippen LogP contribution is 1.86. The van der Waals surface area contributed by atoms with Gasteiger partial charge in [-0.15, -0.1) is 0 Å². The lowest BCUT2D eigenvalue weighted by molar-refractivity contribution is 0.194. The summed E-state index contributed by atoms with van der Waals surface area (Å²) >= 11 is 0. The molecule has 0 bridgehead atoms. The lowest BCUT2D eigenvalue weighted by Gasteiger charge is -2.08. The Morgan fingerprint density at radius 2 is 2.27 bits per heavy atom. The van der Waals surface area contributed by atoms with Crippen molar-refractivity contribution in [2.45, 2.75) is 13.3 Å². The topological polar surface area (TPSA) is 47.3 Å². The van der Waals surface area contributed by atoms with Crippen LogP contribution in [0.5, 0.6) is 0 Å². The molecular formula is C8H20N2O. The Kier molecular flexibility index (Phi) is 7.89. The van der Waals surface area contributed by atoms with Crippen molar-refractivity contribution >= 4 is 0 Å². The van der Waals surface area contributed by atoms with Gasteiger partial charge in [0.1, 0.15) is 0 Å². The first kappa shape index (κ1) is 10.9. The second-order valence-corrected chi connectivity index (χ2v) is 2.89. The van der Waals surface area contributed by atoms with Crippen molar-refractivity contribution in [1.82, 2.24) is 5.32 Å². The molecule has 0 radical (unpaired) electrons. The van der Waals surface area contributed by atoms with Crippen molar-refractivity contribution in [2.75, 3.05) is 33.4 Å². The van der Waals surface area contributed by atoms with Gasteiger partial charge in [-0.3, -0.25) is 0 Å². The first-order valence-corrected chi connectivity index (χ1v) is 4.21. The summed E-state index contributed by atoms with van der Waals surface area (Å²) in [5.41, 5.74) is 5.45. The second-order valence-electron chi connectivity index (χ2n) is 2.89. The van der Waals surface area contributed by atoms with E-state index in [1.165, 1.54) is 0 Å². The van der Waals surface area contributed by atoms with E-state index in [0.29, 0.717) is 5.92 Å². The van der Waals surface area contributed by atoms with E-state index in [9.17, 15) is 0 Å². The van der Waals surface area contributed by atoms with Crippen LogP contribution in [0.4, 0.5) is 0 Å². The van der Waals surface area contributed by atoms with Gasteiger partial charge in [0.25, 0.3) is 0 Å². The van der Waals surface area contributed by atoms with Crippen molar-refractivity contribution in [1.29, 1.82) is 0 Å². The predicted molar refractivity (Wildman–Crippen MR) is 47.6 cm³/mol. The highest BCUT2D eigenvalue weighted by atomic mass is 16.5. The van der Waals surface area contributed by atoms with Crippen molar-refractivity contribution < 1.29 is 4.74 Å². The minimum atomic E-state index is 0.581. The fraction of sp³-hybridized carbons (Fsp3) is 1.00. The van der Waals surface area contributed by atoms with Gasteiger partial charge < -0.3 is 15.8 Å². The lowest BCUT2D eigenvalue weighted by Crippen LogP contribution is -2.27. The summed E-state index contributed by atoms with van der Waals surface area (Å²) in [5, 5.41) is 3.31. The highest BCUT2D eigenvalue weighted by Gasteiger charge is 1.96. The Hall–Kier alpha value is -0.120. The number of nitrogens with one attached hydrogen (secondary N) is 1. The summed E-state index contributed by atoms with van der Waals surface area (Å²) in [6.45, 7) is 5.78. The van der Waals surface area contributed by atoms with E-state index in [4.69, 9.17) is 10.5 Å². The molecular weight excluding hydrogens is 140 g/mol. The van der Waals surface area contributed by atoms with E-state index in [0.717, 1.165) is 32.7 Å². The van der Waals surface area contributed by atoms with Crippen LogP contribution < -0.4 is 11.1 Å². The molecule has 0 aliphatic heterocycles. The summed E-state index contributed by atoms with van der Waals surface area (Å²) in [5.74, 6) is 0.581. The van der Waals surface area contributed by atoms with Gasteiger partial charge in [0.05, 0.1) is 0 Å². The number of rotatable bonds is 7. The molecule has 0 heterocycles. The monoisotopic (exact) mass is 160 g/mol. The zero-order valence-corrected chi connectivity index (χ0v) is 7.60. The van der Waals surface area contributed by atoms with E-state index in [1.54, 1.807) is 7.11 Å². The molecule has 1 unspecified atom stereocenters. The van der Waals surface area contributed by atoms with Crippen LogP contribution in [-0.2, 0) is 4.74 Å². The van der Waals surface area contributed by atoms with Crippen molar-refractivity contribution in [2.24, 2.45) is 11.7 Å². The van der Waals surface area contributed by atoms with Gasteiger partial charge in [-0.25, -0.2) is 0 Å². The van der Waals surface area contributed by atoms with Crippen LogP contribution >= 0.6 is 0 Å². The maximum absolute atomic E-state index is 5.45. The maximum Gasteiger partial charge on any atom is 0.0474 e. The zero-order chi connectivity index (χ0) is 8.53. The first-order chi connectivity index (χ1) is 5.31. The minimum Gasteiger partial charge on any atom is -0.385 e. The fourth-order valence-electron chi connectivity index (χ4n) is 0.773. The van der Waals surface area contributed by atoms with Gasteiger partial charge in [0, 0.05) is 13.7 Å². The van der Waals surface area contributed by atoms with Gasteiger partial charge in [-0.1, -0.05) is 6.92 Å². The molecule has 3 nitrogen and oxygen atoms in total. The summed E-state index contributed by atoms with van der Waals surface area (Å²) in [4.78, 5) is 0. The van der Waals surface area contributed by atoms with Crippen molar-refractivity contribution in [3.8, 4) is 0 Å². The zero-order valence-electron chi connectivity index (χ0n) is 7.60. The average molecular weight is 160 g/mol. The third kappa shape index (κ3) is 7.78. The average Bonchev–Trinajstić information content (AvgIpc) is 2.04. The quantitative estimate of drug-likeness (QED) is 0.523. The lowest BCUT2D eigenvalue weighted by atomic mass is 10.2. The number of nitrogens with two attached hydrogens (primary N) is 1. The molecule has 0 saturated carbocycles. The summed E-state index contributed by atoms with van der Waals surface area (Å²) in [6, 6.07) is 0. The van der Waals surface area contributed by atoms with Crippen LogP contribution in [0.25, 0.3) is 0 Å². The smallest absolute Gasteiger partial charge is 0.0474 e. The second kappa shape index (κ2) is 7.98. The Bertz CT molecular complexity index is 78.5. The third-order valence-corrected chi connectivity index (χ3v) is 1.60. The molecule has 0 fully saturated rings. The largest absolute Gasteiger partial charge is 0.385 e. The number of ether oxygens (including phenoxy) is 1. The molecule has 0 aromatic heterocycles. The van der Waals surface area contributed by atoms with Gasteiger partial charge in [-0.05, 0) is 32.0 Å². The summed E-state index contributed by atoms with van der Waals surface area (Å²) in [6.07, 6.45) is 1.08. The molecule has 0 amide bonds. The van der Waals surface area contributed by atoms with E-state index >= 15 is 0 Å². The Labute approximate surface area is 69.3 Å². The van der Waals surface area contributed by atoms with Crippen LogP contribution in [0.3, 0.4) is 0 Å². The number of methoxy groups -OCH3 is 1. The normalized spacial score (nSPS) is 13.4. The molecule has 3 N–H and O–H groups in total. The molecule has 3 heteroatoms. The predicted octanol–water partition coefficient (Wildman–Crippen LogP) is 0.207. The van der Waals surface area contributed by atoms with Gasteiger partial charge in [0.2, 0.25) is 0 Å². The van der Waals surface area contributed by atoms with Crippen LogP contribution in [-0.4, -0.2) is 33.4 Å². The Balaban J connectivity index is 2.89. The van der Waals surface area contributed by atoms with E-state index in [1.807, 2.05) is 0 Å². The Morgan fingerprint density at radius 1 is 1.55 bits per heavy atom. The van der Waals surface area contributed by atoms with Crippen LogP contribution in [0.15, 0.2) is 0 Å². The van der Waals surface area contributed by atoms with Crippen molar-refractivity contribution in [3.05, 3.63) is 0 Å². The Morgan fingerprint density at radius 3 is 2.82 bits per heavy atom. The maximum atomic E-state index is 5.45. The number of hydrogen-bond donors (Lipinski definition) is 2. The van der Waals surface area contributed by atoms with Crippen LogP contribution in [0.1, 0.15) is 13.3 Å². The highest BCUT2D eigenvalue weighted by molar-refractivity contribution is 4.56. The number of hydrogen-bond acceptors (Lipinski definition) is 3. The summed E-state index contributed by atoms with van der Waals surface area (Å²) < 4.78 is 4.91. The molecule has 0 aliphatic rings. The van der Waals surface area contributed by atoms with E-state index in [2.05, 4.69) is 12.2 Å². The minimum absolute atomic E-state index is 0.581. The SMILES string of the molecule is COCCCNCC(C)CN. The third-order valence-electron chi connectivity index (χ3n) is 1.60. The molecule has 1 atom stereocenters. The van der Waals surface area contributed by atoms with Crippen molar-refractivity contribution in [3.63, 3.8) is 0 Å². The van der Waals surface area contributed by atoms with E-state index < -0.39 is 0 Å². The van der Waals surface area contributed by atoms with Crippen LogP contribution in [0.2, 0.25) is 0 Å². The van der Waals surface area contributed by atoms with Crippen LogP contribution in [0, 0.1) is 5.92 Å². The molecule has 0 spiro atoms. The van der Waals surface area contributed by atoms with E-state index in [-0.39, 0.29) is 0 Å². The molecule has 0 rings (SSSR count). The van der Waals surface area contributed by atoms with Gasteiger partial charge >= 0.3 is 0 Å². The molecule has 0 aromatic rings. The summed E-state index contributed by atoms with van der Waals surface area (Å²) in [7, 11) is 1.72. The molecule has 0 aliphatic carbocycles. The van der Waals surface area contributed by atoms with Gasteiger partial charge in [0.15, 0.2) is 0 Å².